The van der Waals surface area contributed by atoms with E-state index in [1.54, 1.807) is 0 Å². The molecule has 0 saturated heterocycles. The molecular weight excluding hydrogens is 328 g/mol. The van der Waals surface area contributed by atoms with E-state index in [4.69, 9.17) is 0 Å². The van der Waals surface area contributed by atoms with Gasteiger partial charge in [-0.05, 0) is 57.1 Å². The van der Waals surface area contributed by atoms with Crippen molar-refractivity contribution in [1.82, 2.24) is 4.90 Å². The Hall–Kier alpha value is -1.51. The Morgan fingerprint density at radius 2 is 1.48 bits per heavy atom. The van der Waals surface area contributed by atoms with E-state index in [0.717, 1.165) is 5.56 Å². The zero-order chi connectivity index (χ0) is 16.9. The van der Waals surface area contributed by atoms with Gasteiger partial charge >= 0.3 is 0 Å². The van der Waals surface area contributed by atoms with Gasteiger partial charge in [-0.15, -0.1) is 12.4 Å². The highest BCUT2D eigenvalue weighted by Crippen LogP contribution is 2.36. The number of anilines is 1. The second-order valence-corrected chi connectivity index (χ2v) is 7.11. The second kappa shape index (κ2) is 9.26. The summed E-state index contributed by atoms with van der Waals surface area (Å²) in [4.78, 5) is 4.97. The molecule has 3 rings (SSSR count). The Labute approximate surface area is 159 Å². The van der Waals surface area contributed by atoms with Crippen molar-refractivity contribution in [3.05, 3.63) is 72.6 Å². The lowest BCUT2D eigenvalue weighted by Crippen LogP contribution is -2.45. The fourth-order valence-corrected chi connectivity index (χ4v) is 3.91. The molecule has 135 valence electrons. The summed E-state index contributed by atoms with van der Waals surface area (Å²) in [6, 6.07) is 20.2. The van der Waals surface area contributed by atoms with Crippen molar-refractivity contribution in [3.63, 3.8) is 0 Å². The van der Waals surface area contributed by atoms with Crippen LogP contribution in [0.5, 0.6) is 0 Å². The van der Waals surface area contributed by atoms with E-state index in [1.165, 1.54) is 43.4 Å². The normalized spacial score (nSPS) is 16.3. The van der Waals surface area contributed by atoms with Gasteiger partial charge in [0.1, 0.15) is 6.17 Å². The van der Waals surface area contributed by atoms with Crippen LogP contribution in [0.3, 0.4) is 0 Å². The van der Waals surface area contributed by atoms with Gasteiger partial charge < -0.3 is 4.90 Å². The molecule has 25 heavy (non-hydrogen) atoms. The van der Waals surface area contributed by atoms with Crippen LogP contribution in [0.2, 0.25) is 0 Å². The first-order chi connectivity index (χ1) is 11.7. The van der Waals surface area contributed by atoms with Gasteiger partial charge in [-0.1, -0.05) is 61.7 Å². The van der Waals surface area contributed by atoms with Crippen LogP contribution in [0.15, 0.2) is 54.6 Å². The predicted octanol–water partition coefficient (Wildman–Crippen LogP) is 5.69. The Bertz CT molecular complexity index is 618. The van der Waals surface area contributed by atoms with E-state index in [1.807, 2.05) is 0 Å². The molecule has 0 heterocycles. The van der Waals surface area contributed by atoms with E-state index < -0.39 is 0 Å². The molecule has 2 aromatic rings. The summed E-state index contributed by atoms with van der Waals surface area (Å²) < 4.78 is 0. The Kier molecular flexibility index (Phi) is 7.34. The summed E-state index contributed by atoms with van der Waals surface area (Å²) in [5, 5.41) is 0. The van der Waals surface area contributed by atoms with Crippen LogP contribution in [-0.4, -0.2) is 25.0 Å². The van der Waals surface area contributed by atoms with Crippen molar-refractivity contribution in [1.29, 1.82) is 0 Å². The highest BCUT2D eigenvalue weighted by Gasteiger charge is 2.30. The largest absolute Gasteiger partial charge is 0.349 e. The maximum Gasteiger partial charge on any atom is 0.108 e. The number of halogens is 1. The van der Waals surface area contributed by atoms with Crippen molar-refractivity contribution >= 4 is 18.1 Å². The summed E-state index contributed by atoms with van der Waals surface area (Å²) in [7, 11) is 4.37. The molecule has 1 saturated carbocycles. The van der Waals surface area contributed by atoms with Crippen molar-refractivity contribution in [2.75, 3.05) is 19.0 Å². The highest BCUT2D eigenvalue weighted by molar-refractivity contribution is 5.85. The van der Waals surface area contributed by atoms with Gasteiger partial charge in [0.25, 0.3) is 0 Å². The van der Waals surface area contributed by atoms with E-state index >= 15 is 0 Å². The monoisotopic (exact) mass is 357 g/mol. The minimum absolute atomic E-state index is 0. The zero-order valence-corrected chi connectivity index (χ0v) is 16.2. The van der Waals surface area contributed by atoms with Gasteiger partial charge in [-0.2, -0.15) is 0 Å². The average molecular weight is 358 g/mol. The summed E-state index contributed by atoms with van der Waals surface area (Å²) in [6.07, 6.45) is 6.87. The molecule has 1 fully saturated rings. The van der Waals surface area contributed by atoms with Gasteiger partial charge in [-0.3, -0.25) is 4.90 Å². The molecule has 0 aliphatic heterocycles. The molecule has 1 radical (unpaired) electrons. The lowest BCUT2D eigenvalue weighted by molar-refractivity contribution is 0.251. The summed E-state index contributed by atoms with van der Waals surface area (Å²) in [5.74, 6) is 0. The molecule has 0 amide bonds. The van der Waals surface area contributed by atoms with Crippen molar-refractivity contribution in [3.8, 4) is 0 Å². The Morgan fingerprint density at radius 3 is 2.04 bits per heavy atom. The molecule has 0 aromatic heterocycles. The van der Waals surface area contributed by atoms with Gasteiger partial charge in [0.15, 0.2) is 0 Å². The molecule has 2 nitrogen and oxygen atoms in total. The Morgan fingerprint density at radius 1 is 0.880 bits per heavy atom. The van der Waals surface area contributed by atoms with Crippen molar-refractivity contribution in [2.45, 2.75) is 44.3 Å². The zero-order valence-electron chi connectivity index (χ0n) is 15.4. The topological polar surface area (TPSA) is 6.48 Å². The van der Waals surface area contributed by atoms with Gasteiger partial charge in [0, 0.05) is 11.7 Å². The number of nitrogens with zero attached hydrogens (tertiary/aromatic N) is 2. The van der Waals surface area contributed by atoms with Crippen LogP contribution in [0, 0.1) is 6.92 Å². The minimum Gasteiger partial charge on any atom is -0.349 e. The average Bonchev–Trinajstić information content (AvgIpc) is 2.62. The Balaban J connectivity index is 0.00000225. The van der Waals surface area contributed by atoms with Crippen LogP contribution in [0.25, 0.3) is 0 Å². The fraction of sp³-hybridized carbons (Fsp3) is 0.409. The summed E-state index contributed by atoms with van der Waals surface area (Å²) in [6.45, 7) is 4.04. The SMILES string of the molecule is Cl.[CH2]c1ccc(N(C2CCCCC2)C(c2ccccc2)N(C)C)cc1. The summed E-state index contributed by atoms with van der Waals surface area (Å²) in [5.41, 5.74) is 3.73. The summed E-state index contributed by atoms with van der Waals surface area (Å²) >= 11 is 0. The lowest BCUT2D eigenvalue weighted by atomic mass is 9.92. The smallest absolute Gasteiger partial charge is 0.108 e. The van der Waals surface area contributed by atoms with E-state index in [0.29, 0.717) is 6.04 Å². The molecule has 2 aromatic carbocycles. The first-order valence-corrected chi connectivity index (χ1v) is 9.08. The molecule has 0 N–H and O–H groups in total. The van der Waals surface area contributed by atoms with Crippen LogP contribution in [0.4, 0.5) is 5.69 Å². The van der Waals surface area contributed by atoms with Gasteiger partial charge in [0.2, 0.25) is 0 Å². The van der Waals surface area contributed by atoms with Crippen molar-refractivity contribution < 1.29 is 0 Å². The van der Waals surface area contributed by atoms with E-state index in [9.17, 15) is 0 Å². The third-order valence-corrected chi connectivity index (χ3v) is 5.05. The molecule has 1 aliphatic rings. The van der Waals surface area contributed by atoms with Crippen LogP contribution >= 0.6 is 12.4 Å². The first-order valence-electron chi connectivity index (χ1n) is 9.08. The fourth-order valence-electron chi connectivity index (χ4n) is 3.91. The van der Waals surface area contributed by atoms with Crippen LogP contribution in [0.1, 0.15) is 49.4 Å². The standard InChI is InChI=1S/C22H29N2.ClH/c1-18-14-16-21(17-15-18)24(20-12-8-5-9-13-20)22(23(2)3)19-10-6-4-7-11-19;/h4,6-7,10-11,14-17,20,22H,1,5,8-9,12-13H2,2-3H3;1H. The predicted molar refractivity (Wildman–Crippen MR) is 110 cm³/mol. The van der Waals surface area contributed by atoms with E-state index in [2.05, 4.69) is 85.4 Å². The number of hydrogen-bond donors (Lipinski definition) is 0. The number of rotatable bonds is 5. The third kappa shape index (κ3) is 4.77. The van der Waals surface area contributed by atoms with Gasteiger partial charge in [0.05, 0.1) is 0 Å². The molecule has 1 atom stereocenters. The van der Waals surface area contributed by atoms with Crippen LogP contribution < -0.4 is 4.90 Å². The minimum atomic E-state index is 0. The third-order valence-electron chi connectivity index (χ3n) is 5.05. The maximum atomic E-state index is 4.04. The van der Waals surface area contributed by atoms with Gasteiger partial charge in [-0.25, -0.2) is 0 Å². The lowest BCUT2D eigenvalue weighted by Gasteiger charge is -2.44. The number of benzene rings is 2. The molecule has 3 heteroatoms. The van der Waals surface area contributed by atoms with Crippen molar-refractivity contribution in [2.24, 2.45) is 0 Å². The van der Waals surface area contributed by atoms with Crippen LogP contribution in [-0.2, 0) is 0 Å². The first kappa shape index (κ1) is 19.8. The quantitative estimate of drug-likeness (QED) is 0.634. The maximum absolute atomic E-state index is 4.04. The molecular formula is C22H30ClN2. The number of hydrogen-bond acceptors (Lipinski definition) is 2. The molecule has 0 spiro atoms. The second-order valence-electron chi connectivity index (χ2n) is 7.11. The van der Waals surface area contributed by atoms with E-state index in [-0.39, 0.29) is 18.6 Å². The highest BCUT2D eigenvalue weighted by atomic mass is 35.5. The molecule has 1 aliphatic carbocycles. The molecule has 0 bridgehead atoms. The molecule has 1 unspecified atom stereocenters.